The number of carbonyl (C=O) groups is 1. The van der Waals surface area contributed by atoms with Crippen molar-refractivity contribution in [3.05, 3.63) is 82.9 Å². The predicted octanol–water partition coefficient (Wildman–Crippen LogP) is 4.76. The van der Waals surface area contributed by atoms with Gasteiger partial charge in [0, 0.05) is 36.6 Å². The Kier molecular flexibility index (Phi) is 5.77. The number of rotatable bonds is 7. The van der Waals surface area contributed by atoms with E-state index < -0.39 is 5.97 Å². The van der Waals surface area contributed by atoms with Crippen LogP contribution in [0.2, 0.25) is 0 Å². The van der Waals surface area contributed by atoms with Crippen molar-refractivity contribution in [2.24, 2.45) is 0 Å². The lowest BCUT2D eigenvalue weighted by molar-refractivity contribution is 0.0695. The van der Waals surface area contributed by atoms with Crippen LogP contribution in [0.4, 0.5) is 4.39 Å². The molecule has 5 nitrogen and oxygen atoms in total. The van der Waals surface area contributed by atoms with Crippen molar-refractivity contribution in [1.82, 2.24) is 10.3 Å². The Bertz CT molecular complexity index is 1080. The minimum Gasteiger partial charge on any atom is -0.494 e. The van der Waals surface area contributed by atoms with E-state index in [1.54, 1.807) is 18.3 Å². The maximum Gasteiger partial charge on any atom is 0.336 e. The number of fused-ring (bicyclic) bond motifs is 1. The molecule has 0 aliphatic carbocycles. The van der Waals surface area contributed by atoms with Crippen molar-refractivity contribution >= 4 is 5.97 Å². The highest BCUT2D eigenvalue weighted by Crippen LogP contribution is 2.34. The molecule has 6 heteroatoms. The van der Waals surface area contributed by atoms with Crippen LogP contribution in [0.1, 0.15) is 46.4 Å². The van der Waals surface area contributed by atoms with Gasteiger partial charge in [-0.15, -0.1) is 0 Å². The number of ether oxygens (including phenoxy) is 1. The quantitative estimate of drug-likeness (QED) is 0.592. The van der Waals surface area contributed by atoms with E-state index in [9.17, 15) is 14.3 Å². The molecule has 2 N–H and O–H groups in total. The monoisotopic (exact) mass is 406 g/mol. The molecule has 1 atom stereocenters. The van der Waals surface area contributed by atoms with Crippen LogP contribution in [0.15, 0.2) is 54.9 Å². The van der Waals surface area contributed by atoms with Crippen molar-refractivity contribution in [3.8, 4) is 16.9 Å². The summed E-state index contributed by atoms with van der Waals surface area (Å²) in [5, 5.41) is 12.8. The van der Waals surface area contributed by atoms with Gasteiger partial charge in [-0.1, -0.05) is 12.1 Å². The van der Waals surface area contributed by atoms with Crippen molar-refractivity contribution < 1.29 is 19.0 Å². The number of benzene rings is 2. The van der Waals surface area contributed by atoms with Crippen LogP contribution in [-0.4, -0.2) is 22.7 Å². The lowest BCUT2D eigenvalue weighted by Crippen LogP contribution is -2.13. The second-order valence-corrected chi connectivity index (χ2v) is 7.30. The van der Waals surface area contributed by atoms with Crippen LogP contribution in [-0.2, 0) is 13.0 Å². The molecule has 0 saturated carbocycles. The molecule has 30 heavy (non-hydrogen) atoms. The number of aromatic nitrogens is 1. The number of carboxylic acid groups (broad SMARTS) is 1. The molecule has 0 saturated heterocycles. The van der Waals surface area contributed by atoms with Crippen molar-refractivity contribution in [2.45, 2.75) is 32.4 Å². The minimum absolute atomic E-state index is 0.126. The zero-order valence-electron chi connectivity index (χ0n) is 16.7. The average molecular weight is 406 g/mol. The highest BCUT2D eigenvalue weighted by Gasteiger charge is 2.23. The maximum absolute atomic E-state index is 14.5. The Morgan fingerprint density at radius 2 is 2.13 bits per heavy atom. The third-order valence-electron chi connectivity index (χ3n) is 5.46. The largest absolute Gasteiger partial charge is 0.494 e. The topological polar surface area (TPSA) is 71.5 Å². The van der Waals surface area contributed by atoms with Gasteiger partial charge < -0.3 is 15.2 Å². The summed E-state index contributed by atoms with van der Waals surface area (Å²) in [4.78, 5) is 15.5. The standard InChI is InChI=1S/C24H23FN2O3/c1-2-30-18-5-7-19(22(25)12-18)15-3-6-20-17(11-15)14-27-23(20)8-4-16-13-26-10-9-21(16)24(28)29/h3,5-7,9-13,23,27H,2,4,8,14H2,1H3,(H,28,29)/t23-/m1/s1. The summed E-state index contributed by atoms with van der Waals surface area (Å²) in [6.45, 7) is 3.07. The number of nitrogens with one attached hydrogen (secondary N) is 1. The fourth-order valence-electron chi connectivity index (χ4n) is 3.99. The van der Waals surface area contributed by atoms with E-state index in [0.29, 0.717) is 36.4 Å². The molecule has 2 aromatic carbocycles. The first-order chi connectivity index (χ1) is 14.6. The summed E-state index contributed by atoms with van der Waals surface area (Å²) in [5.74, 6) is -0.715. The molecule has 0 bridgehead atoms. The molecule has 154 valence electrons. The summed E-state index contributed by atoms with van der Waals surface area (Å²) in [6, 6.07) is 12.6. The Hall–Kier alpha value is -3.25. The minimum atomic E-state index is -0.936. The first-order valence-electron chi connectivity index (χ1n) is 10.0. The summed E-state index contributed by atoms with van der Waals surface area (Å²) in [6.07, 6.45) is 4.49. The lowest BCUT2D eigenvalue weighted by Gasteiger charge is -2.14. The fourth-order valence-corrected chi connectivity index (χ4v) is 3.99. The van der Waals surface area contributed by atoms with Crippen molar-refractivity contribution in [3.63, 3.8) is 0 Å². The normalized spacial score (nSPS) is 15.1. The second-order valence-electron chi connectivity index (χ2n) is 7.30. The number of aromatic carboxylic acids is 1. The first-order valence-corrected chi connectivity index (χ1v) is 10.0. The van der Waals surface area contributed by atoms with E-state index in [2.05, 4.69) is 10.3 Å². The third kappa shape index (κ3) is 4.04. The van der Waals surface area contributed by atoms with Gasteiger partial charge in [0.1, 0.15) is 11.6 Å². The summed E-state index contributed by atoms with van der Waals surface area (Å²) in [7, 11) is 0. The Labute approximate surface area is 174 Å². The van der Waals surface area contributed by atoms with E-state index >= 15 is 0 Å². The number of hydrogen-bond acceptors (Lipinski definition) is 4. The molecule has 3 aromatic rings. The van der Waals surface area contributed by atoms with Gasteiger partial charge >= 0.3 is 5.97 Å². The molecule has 1 aliphatic heterocycles. The van der Waals surface area contributed by atoms with E-state index in [1.807, 2.05) is 25.1 Å². The number of carboxylic acids is 1. The molecule has 1 aliphatic rings. The highest BCUT2D eigenvalue weighted by atomic mass is 19.1. The van der Waals surface area contributed by atoms with Gasteiger partial charge in [-0.2, -0.15) is 0 Å². The lowest BCUT2D eigenvalue weighted by atomic mass is 9.94. The zero-order chi connectivity index (χ0) is 21.1. The molecular formula is C24H23FN2O3. The fraction of sp³-hybridized carbons (Fsp3) is 0.250. The molecule has 0 amide bonds. The van der Waals surface area contributed by atoms with Crippen LogP contribution in [0.3, 0.4) is 0 Å². The van der Waals surface area contributed by atoms with Gasteiger partial charge in [-0.25, -0.2) is 9.18 Å². The number of aryl methyl sites for hydroxylation is 1. The number of pyridine rings is 1. The molecule has 0 radical (unpaired) electrons. The molecule has 4 rings (SSSR count). The van der Waals surface area contributed by atoms with Gasteiger partial charge in [-0.3, -0.25) is 4.98 Å². The number of halogens is 1. The van der Waals surface area contributed by atoms with Gasteiger partial charge in [0.15, 0.2) is 0 Å². The van der Waals surface area contributed by atoms with Gasteiger partial charge in [0.05, 0.1) is 12.2 Å². The summed E-state index contributed by atoms with van der Waals surface area (Å²) in [5.41, 5.74) is 4.71. The Balaban J connectivity index is 1.51. The summed E-state index contributed by atoms with van der Waals surface area (Å²) < 4.78 is 19.9. The highest BCUT2D eigenvalue weighted by molar-refractivity contribution is 5.89. The first kappa shape index (κ1) is 20.0. The Morgan fingerprint density at radius 1 is 1.27 bits per heavy atom. The molecule has 2 heterocycles. The number of hydrogen-bond donors (Lipinski definition) is 2. The molecule has 0 spiro atoms. The van der Waals surface area contributed by atoms with E-state index in [4.69, 9.17) is 4.74 Å². The van der Waals surface area contributed by atoms with Crippen LogP contribution < -0.4 is 10.1 Å². The van der Waals surface area contributed by atoms with Crippen LogP contribution >= 0.6 is 0 Å². The van der Waals surface area contributed by atoms with Gasteiger partial charge in [-0.05, 0) is 66.3 Å². The predicted molar refractivity (Wildman–Crippen MR) is 112 cm³/mol. The zero-order valence-corrected chi connectivity index (χ0v) is 16.7. The second kappa shape index (κ2) is 8.63. The van der Waals surface area contributed by atoms with Crippen molar-refractivity contribution in [1.29, 1.82) is 0 Å². The number of nitrogens with zero attached hydrogens (tertiary/aromatic N) is 1. The van der Waals surface area contributed by atoms with Crippen LogP contribution in [0, 0.1) is 5.82 Å². The van der Waals surface area contributed by atoms with Gasteiger partial charge in [0.25, 0.3) is 0 Å². The SMILES string of the molecule is CCOc1ccc(-c2ccc3c(c2)CN[C@@H]3CCc2cnccc2C(=O)O)c(F)c1. The van der Waals surface area contributed by atoms with E-state index in [1.165, 1.54) is 23.9 Å². The van der Waals surface area contributed by atoms with E-state index in [-0.39, 0.29) is 11.9 Å². The molecule has 0 unspecified atom stereocenters. The summed E-state index contributed by atoms with van der Waals surface area (Å²) >= 11 is 0. The molecular weight excluding hydrogens is 383 g/mol. The smallest absolute Gasteiger partial charge is 0.336 e. The molecule has 1 aromatic heterocycles. The maximum atomic E-state index is 14.5. The van der Waals surface area contributed by atoms with Crippen LogP contribution in [0.5, 0.6) is 5.75 Å². The average Bonchev–Trinajstić information content (AvgIpc) is 3.15. The Morgan fingerprint density at radius 3 is 2.90 bits per heavy atom. The van der Waals surface area contributed by atoms with Crippen LogP contribution in [0.25, 0.3) is 11.1 Å². The van der Waals surface area contributed by atoms with Crippen molar-refractivity contribution in [2.75, 3.05) is 6.61 Å². The molecule has 0 fully saturated rings. The van der Waals surface area contributed by atoms with Gasteiger partial charge in [0.2, 0.25) is 0 Å². The third-order valence-corrected chi connectivity index (χ3v) is 5.46. The van der Waals surface area contributed by atoms with E-state index in [0.717, 1.165) is 23.1 Å².